The number of pyridine rings is 1. The van der Waals surface area contributed by atoms with E-state index in [1.165, 1.54) is 12.1 Å². The molecule has 0 aliphatic carbocycles. The fourth-order valence-corrected chi connectivity index (χ4v) is 1.73. The molecule has 2 rings (SSSR count). The van der Waals surface area contributed by atoms with Crippen molar-refractivity contribution in [2.75, 3.05) is 0 Å². The molecule has 2 aromatic rings. The van der Waals surface area contributed by atoms with E-state index >= 15 is 0 Å². The Bertz CT molecular complexity index is 677. The molecule has 0 bridgehead atoms. The van der Waals surface area contributed by atoms with Gasteiger partial charge in [-0.25, -0.2) is 9.37 Å². The van der Waals surface area contributed by atoms with Gasteiger partial charge in [0.2, 0.25) is 5.88 Å². The van der Waals surface area contributed by atoms with Crippen LogP contribution in [0, 0.1) is 12.7 Å². The Kier molecular flexibility index (Phi) is 4.05. The quantitative estimate of drug-likeness (QED) is 0.395. The third-order valence-electron chi connectivity index (χ3n) is 2.48. The fourth-order valence-electron chi connectivity index (χ4n) is 1.52. The second-order valence-electron chi connectivity index (χ2n) is 3.97. The molecule has 0 atom stereocenters. The predicted molar refractivity (Wildman–Crippen MR) is 73.0 cm³/mol. The number of benzene rings is 1. The first kappa shape index (κ1) is 14.1. The number of nitrogens with zero attached hydrogens (tertiary/aromatic N) is 2. The van der Waals surface area contributed by atoms with Gasteiger partial charge >= 0.3 is 0 Å². The summed E-state index contributed by atoms with van der Waals surface area (Å²) in [5.74, 6) is -0.283. The lowest BCUT2D eigenvalue weighted by molar-refractivity contribution is 0.318. The summed E-state index contributed by atoms with van der Waals surface area (Å²) in [6.45, 7) is 1.76. The lowest BCUT2D eigenvalue weighted by atomic mass is 10.2. The molecule has 0 aliphatic heterocycles. The maximum atomic E-state index is 13.0. The molecule has 0 aliphatic rings. The van der Waals surface area contributed by atoms with Gasteiger partial charge in [-0.15, -0.1) is 0 Å². The number of hydrogen-bond acceptors (Lipinski definition) is 4. The molecular formula is C13H11ClFN3O2. The van der Waals surface area contributed by atoms with Crippen molar-refractivity contribution in [2.45, 2.75) is 6.92 Å². The van der Waals surface area contributed by atoms with Crippen LogP contribution in [0.3, 0.4) is 0 Å². The van der Waals surface area contributed by atoms with E-state index in [1.807, 2.05) is 0 Å². The molecular weight excluding hydrogens is 285 g/mol. The zero-order chi connectivity index (χ0) is 14.7. The van der Waals surface area contributed by atoms with E-state index in [0.717, 1.165) is 6.07 Å². The maximum absolute atomic E-state index is 13.0. The van der Waals surface area contributed by atoms with Gasteiger partial charge in [-0.3, -0.25) is 0 Å². The Morgan fingerprint density at radius 1 is 1.40 bits per heavy atom. The summed E-state index contributed by atoms with van der Waals surface area (Å²) in [7, 11) is 0. The fraction of sp³-hybridized carbons (Fsp3) is 0.0769. The molecule has 0 amide bonds. The number of oxime groups is 1. The summed E-state index contributed by atoms with van der Waals surface area (Å²) in [4.78, 5) is 4.15. The third-order valence-corrected chi connectivity index (χ3v) is 2.78. The van der Waals surface area contributed by atoms with Crippen molar-refractivity contribution >= 4 is 17.4 Å². The number of amidine groups is 1. The lowest BCUT2D eigenvalue weighted by Crippen LogP contribution is -2.15. The van der Waals surface area contributed by atoms with Crippen molar-refractivity contribution in [1.29, 1.82) is 0 Å². The number of rotatable bonds is 3. The van der Waals surface area contributed by atoms with E-state index in [-0.39, 0.29) is 22.5 Å². The van der Waals surface area contributed by atoms with Crippen molar-refractivity contribution in [3.63, 3.8) is 0 Å². The van der Waals surface area contributed by atoms with E-state index in [4.69, 9.17) is 27.3 Å². The predicted octanol–water partition coefficient (Wildman–Crippen LogP) is 3.07. The summed E-state index contributed by atoms with van der Waals surface area (Å²) in [5, 5.41) is 11.7. The van der Waals surface area contributed by atoms with Crippen molar-refractivity contribution in [3.8, 4) is 11.6 Å². The van der Waals surface area contributed by atoms with Gasteiger partial charge in [0.25, 0.3) is 0 Å². The molecule has 7 heteroatoms. The summed E-state index contributed by atoms with van der Waals surface area (Å²) in [6.07, 6.45) is 0. The van der Waals surface area contributed by atoms with E-state index in [2.05, 4.69) is 10.1 Å². The first-order valence-electron chi connectivity index (χ1n) is 5.59. The van der Waals surface area contributed by atoms with Crippen LogP contribution in [0.15, 0.2) is 35.5 Å². The smallest absolute Gasteiger partial charge is 0.230 e. The number of halogens is 2. The topological polar surface area (TPSA) is 80.7 Å². The molecule has 1 aromatic carbocycles. The molecule has 0 saturated carbocycles. The SMILES string of the molecule is Cc1ccc(C(N)=NO)c(Oc2ccc(F)cc2Cl)n1. The minimum absolute atomic E-state index is 0.0961. The van der Waals surface area contributed by atoms with Crippen LogP contribution in [0.5, 0.6) is 11.6 Å². The minimum Gasteiger partial charge on any atom is -0.437 e. The molecule has 3 N–H and O–H groups in total. The average molecular weight is 296 g/mol. The highest BCUT2D eigenvalue weighted by molar-refractivity contribution is 6.32. The van der Waals surface area contributed by atoms with Crippen molar-refractivity contribution < 1.29 is 14.3 Å². The van der Waals surface area contributed by atoms with Crippen molar-refractivity contribution in [3.05, 3.63) is 52.4 Å². The molecule has 20 heavy (non-hydrogen) atoms. The van der Waals surface area contributed by atoms with Gasteiger partial charge in [0.05, 0.1) is 10.6 Å². The largest absolute Gasteiger partial charge is 0.437 e. The number of aromatic nitrogens is 1. The highest BCUT2D eigenvalue weighted by Gasteiger charge is 2.13. The van der Waals surface area contributed by atoms with Gasteiger partial charge in [0, 0.05) is 5.69 Å². The third kappa shape index (κ3) is 2.97. The summed E-state index contributed by atoms with van der Waals surface area (Å²) in [6, 6.07) is 6.99. The molecule has 0 spiro atoms. The molecule has 0 fully saturated rings. The van der Waals surface area contributed by atoms with Crippen LogP contribution in [0.2, 0.25) is 5.02 Å². The highest BCUT2D eigenvalue weighted by Crippen LogP contribution is 2.30. The number of aryl methyl sites for hydroxylation is 1. The highest BCUT2D eigenvalue weighted by atomic mass is 35.5. The molecule has 1 heterocycles. The molecule has 5 nitrogen and oxygen atoms in total. The molecule has 0 radical (unpaired) electrons. The first-order chi connectivity index (χ1) is 9.51. The van der Waals surface area contributed by atoms with Crippen LogP contribution in [-0.2, 0) is 0 Å². The Labute approximate surface area is 119 Å². The summed E-state index contributed by atoms with van der Waals surface area (Å²) >= 11 is 5.88. The number of hydrogen-bond donors (Lipinski definition) is 2. The molecule has 104 valence electrons. The minimum atomic E-state index is -0.476. The van der Waals surface area contributed by atoms with Gasteiger partial charge < -0.3 is 15.7 Å². The molecule has 0 saturated heterocycles. The van der Waals surface area contributed by atoms with E-state index in [9.17, 15) is 4.39 Å². The van der Waals surface area contributed by atoms with Crippen LogP contribution in [0.1, 0.15) is 11.3 Å². The Hall–Kier alpha value is -2.34. The van der Waals surface area contributed by atoms with Gasteiger partial charge in [-0.05, 0) is 37.3 Å². The van der Waals surface area contributed by atoms with Crippen molar-refractivity contribution in [1.82, 2.24) is 4.98 Å². The second kappa shape index (κ2) is 5.75. The Morgan fingerprint density at radius 2 is 2.15 bits per heavy atom. The lowest BCUT2D eigenvalue weighted by Gasteiger charge is -2.11. The summed E-state index contributed by atoms with van der Waals surface area (Å²) in [5.41, 5.74) is 6.53. The van der Waals surface area contributed by atoms with Crippen molar-refractivity contribution in [2.24, 2.45) is 10.9 Å². The van der Waals surface area contributed by atoms with Crippen LogP contribution in [0.4, 0.5) is 4.39 Å². The van der Waals surface area contributed by atoms with Gasteiger partial charge in [-0.2, -0.15) is 0 Å². The molecule has 0 unspecified atom stereocenters. The van der Waals surface area contributed by atoms with Crippen LogP contribution in [0.25, 0.3) is 0 Å². The zero-order valence-electron chi connectivity index (χ0n) is 10.5. The van der Waals surface area contributed by atoms with Gasteiger partial charge in [-0.1, -0.05) is 16.8 Å². The molecule has 1 aromatic heterocycles. The van der Waals surface area contributed by atoms with Crippen LogP contribution in [-0.4, -0.2) is 16.0 Å². The van der Waals surface area contributed by atoms with E-state index < -0.39 is 5.82 Å². The normalized spacial score (nSPS) is 11.4. The van der Waals surface area contributed by atoms with Crippen LogP contribution >= 0.6 is 11.6 Å². The Balaban J connectivity index is 2.44. The summed E-state index contributed by atoms with van der Waals surface area (Å²) < 4.78 is 18.5. The average Bonchev–Trinajstić information content (AvgIpc) is 2.41. The first-order valence-corrected chi connectivity index (χ1v) is 5.97. The standard InChI is InChI=1S/C13H11ClFN3O2/c1-7-2-4-9(12(16)18-19)13(17-7)20-11-5-3-8(15)6-10(11)14/h2-6,19H,1H3,(H2,16,18). The van der Waals surface area contributed by atoms with Crippen LogP contribution < -0.4 is 10.5 Å². The zero-order valence-corrected chi connectivity index (χ0v) is 11.2. The Morgan fingerprint density at radius 3 is 2.80 bits per heavy atom. The monoisotopic (exact) mass is 295 g/mol. The van der Waals surface area contributed by atoms with E-state index in [0.29, 0.717) is 11.3 Å². The van der Waals surface area contributed by atoms with Gasteiger partial charge in [0.15, 0.2) is 5.84 Å². The van der Waals surface area contributed by atoms with E-state index in [1.54, 1.807) is 19.1 Å². The number of ether oxygens (including phenoxy) is 1. The van der Waals surface area contributed by atoms with Gasteiger partial charge in [0.1, 0.15) is 11.6 Å². The maximum Gasteiger partial charge on any atom is 0.230 e. The second-order valence-corrected chi connectivity index (χ2v) is 4.37. The number of nitrogens with two attached hydrogens (primary N) is 1.